The molecule has 0 heterocycles. The molecule has 84 valence electrons. The van der Waals surface area contributed by atoms with Crippen LogP contribution in [0, 0.1) is 0 Å². The highest BCUT2D eigenvalue weighted by molar-refractivity contribution is 5.63. The van der Waals surface area contributed by atoms with Crippen LogP contribution in [0.4, 0.5) is 0 Å². The van der Waals surface area contributed by atoms with Crippen LogP contribution in [0.2, 0.25) is 0 Å². The molecule has 6 N–H and O–H groups in total. The molecule has 1 atom stereocenters. The molecule has 0 aromatic rings. The highest BCUT2D eigenvalue weighted by Crippen LogP contribution is 2.13. The van der Waals surface area contributed by atoms with Crippen molar-refractivity contribution in [3.05, 3.63) is 0 Å². The summed E-state index contributed by atoms with van der Waals surface area (Å²) < 4.78 is 0. The van der Waals surface area contributed by atoms with E-state index in [1.165, 1.54) is 0 Å². The van der Waals surface area contributed by atoms with Crippen molar-refractivity contribution in [2.45, 2.75) is 38.0 Å². The molecule has 5 nitrogen and oxygen atoms in total. The van der Waals surface area contributed by atoms with Crippen molar-refractivity contribution >= 4 is 6.29 Å². The lowest BCUT2D eigenvalue weighted by atomic mass is 9.92. The maximum Gasteiger partial charge on any atom is 0.140 e. The summed E-state index contributed by atoms with van der Waals surface area (Å²) in [6, 6.07) is 0. The second-order valence-electron chi connectivity index (χ2n) is 3.46. The minimum atomic E-state index is -0.475. The minimum Gasteiger partial charge on any atom is -0.308 e. The molecule has 0 aliphatic heterocycles. The first kappa shape index (κ1) is 13.5. The van der Waals surface area contributed by atoms with E-state index in [-0.39, 0.29) is 5.54 Å². The Kier molecular flexibility index (Phi) is 6.65. The third-order valence-electron chi connectivity index (χ3n) is 2.53. The van der Waals surface area contributed by atoms with E-state index in [1.807, 2.05) is 6.92 Å². The molecule has 14 heavy (non-hydrogen) atoms. The third-order valence-corrected chi connectivity index (χ3v) is 2.53. The van der Waals surface area contributed by atoms with Gasteiger partial charge in [-0.3, -0.25) is 5.32 Å². The Morgan fingerprint density at radius 3 is 2.50 bits per heavy atom. The normalized spacial score (nSPS) is 15.5. The second kappa shape index (κ2) is 6.89. The zero-order valence-corrected chi connectivity index (χ0v) is 9.05. The number of nitrogens with two attached hydrogens (primary N) is 2. The Morgan fingerprint density at radius 1 is 1.50 bits per heavy atom. The van der Waals surface area contributed by atoms with Gasteiger partial charge in [-0.1, -0.05) is 6.92 Å². The Balaban J connectivity index is 3.77. The van der Waals surface area contributed by atoms with Crippen LogP contribution in [0.15, 0.2) is 0 Å². The van der Waals surface area contributed by atoms with Crippen LogP contribution >= 0.6 is 0 Å². The first-order chi connectivity index (χ1) is 6.60. The van der Waals surface area contributed by atoms with Crippen LogP contribution in [-0.2, 0) is 4.79 Å². The van der Waals surface area contributed by atoms with Crippen molar-refractivity contribution in [2.24, 2.45) is 11.5 Å². The largest absolute Gasteiger partial charge is 0.308 e. The van der Waals surface area contributed by atoms with Crippen molar-refractivity contribution in [3.63, 3.8) is 0 Å². The Labute approximate surface area is 85.6 Å². The average molecular weight is 202 g/mol. The predicted molar refractivity (Wildman–Crippen MR) is 57.5 cm³/mol. The maximum absolute atomic E-state index is 10.9. The van der Waals surface area contributed by atoms with Gasteiger partial charge in [0, 0.05) is 0 Å². The van der Waals surface area contributed by atoms with Gasteiger partial charge < -0.3 is 21.6 Å². The summed E-state index contributed by atoms with van der Waals surface area (Å²) in [7, 11) is 1.81. The van der Waals surface area contributed by atoms with E-state index >= 15 is 0 Å². The lowest BCUT2D eigenvalue weighted by Crippen LogP contribution is -2.47. The number of likely N-dealkylation sites (N-methyl/N-ethyl adjacent to an activating group) is 1. The number of carbonyl (C=O) groups excluding carboxylic acids is 1. The fourth-order valence-electron chi connectivity index (χ4n) is 1.35. The van der Waals surface area contributed by atoms with Crippen molar-refractivity contribution in [3.8, 4) is 0 Å². The molecule has 0 bridgehead atoms. The zero-order valence-electron chi connectivity index (χ0n) is 9.05. The van der Waals surface area contributed by atoms with Gasteiger partial charge in [-0.25, -0.2) is 0 Å². The van der Waals surface area contributed by atoms with Crippen LogP contribution < -0.4 is 22.1 Å². The summed E-state index contributed by atoms with van der Waals surface area (Å²) in [6.07, 6.45) is 2.97. The van der Waals surface area contributed by atoms with E-state index in [1.54, 1.807) is 7.05 Å². The van der Waals surface area contributed by atoms with E-state index in [9.17, 15) is 4.79 Å². The number of aldehydes is 1. The van der Waals surface area contributed by atoms with E-state index in [0.717, 1.165) is 32.1 Å². The number of carbonyl (C=O) groups is 1. The summed E-state index contributed by atoms with van der Waals surface area (Å²) in [4.78, 5) is 10.9. The molecule has 0 saturated carbocycles. The Hall–Kier alpha value is -0.490. The maximum atomic E-state index is 10.9. The van der Waals surface area contributed by atoms with Gasteiger partial charge in [0.05, 0.1) is 5.54 Å². The summed E-state index contributed by atoms with van der Waals surface area (Å²) in [5.41, 5.74) is 10.3. The molecule has 0 amide bonds. The third kappa shape index (κ3) is 4.66. The van der Waals surface area contributed by atoms with Gasteiger partial charge in [0.1, 0.15) is 12.6 Å². The minimum absolute atomic E-state index is 0.389. The molecule has 0 spiro atoms. The average Bonchev–Trinajstić information content (AvgIpc) is 2.19. The van der Waals surface area contributed by atoms with Crippen LogP contribution in [0.1, 0.15) is 26.2 Å². The summed E-state index contributed by atoms with van der Waals surface area (Å²) in [5.74, 6) is 0. The van der Waals surface area contributed by atoms with Gasteiger partial charge >= 0.3 is 0 Å². The number of hydrogen-bond acceptors (Lipinski definition) is 5. The molecule has 0 aliphatic rings. The van der Waals surface area contributed by atoms with Gasteiger partial charge in [0.25, 0.3) is 0 Å². The number of hydrogen-bond donors (Lipinski definition) is 4. The molecule has 0 aromatic heterocycles. The summed E-state index contributed by atoms with van der Waals surface area (Å²) >= 11 is 0. The van der Waals surface area contributed by atoms with E-state index in [2.05, 4.69) is 10.6 Å². The Morgan fingerprint density at radius 2 is 2.14 bits per heavy atom. The first-order valence-electron chi connectivity index (χ1n) is 5.00. The highest BCUT2D eigenvalue weighted by Gasteiger charge is 2.24. The first-order valence-corrected chi connectivity index (χ1v) is 5.00. The zero-order chi connectivity index (χ0) is 11.0. The highest BCUT2D eigenvalue weighted by atomic mass is 16.1. The van der Waals surface area contributed by atoms with E-state index < -0.39 is 6.29 Å². The molecular weight excluding hydrogens is 180 g/mol. The Bertz CT molecular complexity index is 157. The van der Waals surface area contributed by atoms with Crippen LogP contribution in [0.5, 0.6) is 0 Å². The molecule has 0 rings (SSSR count). The van der Waals surface area contributed by atoms with Crippen LogP contribution in [-0.4, -0.2) is 31.7 Å². The number of nitrogens with one attached hydrogen (secondary N) is 2. The second-order valence-corrected chi connectivity index (χ2v) is 3.46. The molecule has 0 saturated heterocycles. The number of rotatable bonds is 8. The van der Waals surface area contributed by atoms with Crippen molar-refractivity contribution in [1.29, 1.82) is 0 Å². The van der Waals surface area contributed by atoms with Gasteiger partial charge in [-0.05, 0) is 32.9 Å². The van der Waals surface area contributed by atoms with Crippen molar-refractivity contribution in [2.75, 3.05) is 13.6 Å². The van der Waals surface area contributed by atoms with E-state index in [0.29, 0.717) is 0 Å². The smallest absolute Gasteiger partial charge is 0.140 e. The fourth-order valence-corrected chi connectivity index (χ4v) is 1.35. The standard InChI is InChI=1S/C9H22N4O/c1-3-9(7-14,12-2)5-4-6-13-8(10)11/h7-8,12-13H,3-6,10-11H2,1-2H3/t9-/m0/s1. The lowest BCUT2D eigenvalue weighted by molar-refractivity contribution is -0.113. The monoisotopic (exact) mass is 202 g/mol. The van der Waals surface area contributed by atoms with Gasteiger partial charge in [0.15, 0.2) is 0 Å². The molecule has 0 radical (unpaired) electrons. The quantitative estimate of drug-likeness (QED) is 0.233. The predicted octanol–water partition coefficient (Wildman–Crippen LogP) is -0.876. The van der Waals surface area contributed by atoms with Gasteiger partial charge in [-0.2, -0.15) is 0 Å². The molecular formula is C9H22N4O. The summed E-state index contributed by atoms with van der Waals surface area (Å²) in [6.45, 7) is 2.72. The molecule has 0 aromatic carbocycles. The topological polar surface area (TPSA) is 93.2 Å². The lowest BCUT2D eigenvalue weighted by Gasteiger charge is -2.26. The summed E-state index contributed by atoms with van der Waals surface area (Å²) in [5, 5.41) is 5.95. The van der Waals surface area contributed by atoms with Gasteiger partial charge in [0.2, 0.25) is 0 Å². The van der Waals surface area contributed by atoms with Crippen LogP contribution in [0.3, 0.4) is 0 Å². The molecule has 0 unspecified atom stereocenters. The van der Waals surface area contributed by atoms with Crippen molar-refractivity contribution < 1.29 is 4.79 Å². The van der Waals surface area contributed by atoms with Crippen LogP contribution in [0.25, 0.3) is 0 Å². The molecule has 0 fully saturated rings. The molecule has 5 heteroatoms. The van der Waals surface area contributed by atoms with Gasteiger partial charge in [-0.15, -0.1) is 0 Å². The SMILES string of the molecule is CC[C@@](C=O)(CCCNC(N)N)NC. The fraction of sp³-hybridized carbons (Fsp3) is 0.889. The van der Waals surface area contributed by atoms with E-state index in [4.69, 9.17) is 11.5 Å². The van der Waals surface area contributed by atoms with Crippen molar-refractivity contribution in [1.82, 2.24) is 10.6 Å². The molecule has 0 aliphatic carbocycles.